The Labute approximate surface area is 118 Å². The maximum Gasteiger partial charge on any atom is 0.118 e. The van der Waals surface area contributed by atoms with E-state index >= 15 is 0 Å². The van der Waals surface area contributed by atoms with Gasteiger partial charge in [-0.1, -0.05) is 0 Å². The van der Waals surface area contributed by atoms with Crippen molar-refractivity contribution in [2.45, 2.75) is 12.3 Å². The van der Waals surface area contributed by atoms with Gasteiger partial charge in [0, 0.05) is 11.3 Å². The van der Waals surface area contributed by atoms with Crippen LogP contribution in [0.2, 0.25) is 0 Å². The van der Waals surface area contributed by atoms with Crippen LogP contribution in [0.4, 0.5) is 0 Å². The van der Waals surface area contributed by atoms with Crippen molar-refractivity contribution in [2.24, 2.45) is 0 Å². The molecule has 1 aromatic heterocycles. The van der Waals surface area contributed by atoms with Gasteiger partial charge in [-0.25, -0.2) is 0 Å². The maximum atomic E-state index is 5.29. The molecule has 1 aromatic carbocycles. The number of furan rings is 1. The van der Waals surface area contributed by atoms with Gasteiger partial charge in [0.05, 0.1) is 25.7 Å². The largest absolute Gasteiger partial charge is 0.497 e. The summed E-state index contributed by atoms with van der Waals surface area (Å²) >= 11 is 1.91. The van der Waals surface area contributed by atoms with E-state index < -0.39 is 0 Å². The second-order valence-electron chi connectivity index (χ2n) is 4.26. The first-order chi connectivity index (χ1) is 9.38. The quantitative estimate of drug-likeness (QED) is 0.753. The molecular weight excluding hydrogens is 258 g/mol. The van der Waals surface area contributed by atoms with Crippen LogP contribution in [0.25, 0.3) is 0 Å². The second kappa shape index (κ2) is 7.92. The highest BCUT2D eigenvalue weighted by Gasteiger charge is 1.99. The number of hydrogen-bond donors (Lipinski definition) is 1. The van der Waals surface area contributed by atoms with Gasteiger partial charge in [0.1, 0.15) is 18.1 Å². The summed E-state index contributed by atoms with van der Waals surface area (Å²) in [5.41, 5.74) is 1.33. The molecule has 102 valence electrons. The van der Waals surface area contributed by atoms with Gasteiger partial charge in [-0.2, -0.15) is 0 Å². The van der Waals surface area contributed by atoms with Crippen LogP contribution in [0.5, 0.6) is 5.75 Å². The minimum absolute atomic E-state index is 0.915. The summed E-state index contributed by atoms with van der Waals surface area (Å²) in [6.45, 7) is 2.14. The van der Waals surface area contributed by atoms with E-state index in [9.17, 15) is 0 Å². The molecule has 0 atom stereocenters. The van der Waals surface area contributed by atoms with E-state index in [4.69, 9.17) is 9.15 Å². The average molecular weight is 278 g/mol. The van der Waals surface area contributed by atoms with Gasteiger partial charge in [0.15, 0.2) is 0 Å². The molecule has 4 heteroatoms. The van der Waals surface area contributed by atoms with Gasteiger partial charge >= 0.3 is 0 Å². The van der Waals surface area contributed by atoms with Crippen molar-refractivity contribution < 1.29 is 14.5 Å². The molecule has 0 unspecified atom stereocenters. The molecule has 0 radical (unpaired) electrons. The van der Waals surface area contributed by atoms with Gasteiger partial charge in [-0.05, 0) is 36.4 Å². The van der Waals surface area contributed by atoms with Crippen molar-refractivity contribution in [3.63, 3.8) is 0 Å². The van der Waals surface area contributed by atoms with Crippen LogP contribution in [0, 0.1) is 0 Å². The minimum atomic E-state index is 0.915. The Kier molecular flexibility index (Phi) is 5.85. The SMILES string of the molecule is COc1ccc(C[NH2+]CCSCc2ccco2)cc1. The van der Waals surface area contributed by atoms with Crippen LogP contribution in [0.1, 0.15) is 11.3 Å². The molecule has 1 heterocycles. The third kappa shape index (κ3) is 5.01. The highest BCUT2D eigenvalue weighted by Crippen LogP contribution is 2.11. The van der Waals surface area contributed by atoms with Crippen LogP contribution >= 0.6 is 11.8 Å². The fraction of sp³-hybridized carbons (Fsp3) is 0.333. The van der Waals surface area contributed by atoms with Gasteiger partial charge in [-0.15, -0.1) is 11.8 Å². The predicted molar refractivity (Wildman–Crippen MR) is 78.4 cm³/mol. The molecule has 0 saturated carbocycles. The molecule has 2 rings (SSSR count). The Hall–Kier alpha value is -1.39. The second-order valence-corrected chi connectivity index (χ2v) is 5.37. The van der Waals surface area contributed by atoms with Crippen LogP contribution in [0.3, 0.4) is 0 Å². The number of ether oxygens (including phenoxy) is 1. The van der Waals surface area contributed by atoms with E-state index in [0.717, 1.165) is 36.1 Å². The number of nitrogens with two attached hydrogens (primary N) is 1. The molecule has 0 aliphatic heterocycles. The third-order valence-electron chi connectivity index (χ3n) is 2.83. The fourth-order valence-corrected chi connectivity index (χ4v) is 2.61. The number of hydrogen-bond acceptors (Lipinski definition) is 3. The Morgan fingerprint density at radius 3 is 2.74 bits per heavy atom. The summed E-state index contributed by atoms with van der Waals surface area (Å²) in [4.78, 5) is 0. The molecule has 0 aliphatic rings. The maximum absolute atomic E-state index is 5.29. The number of thioether (sulfide) groups is 1. The van der Waals surface area contributed by atoms with Gasteiger partial charge in [0.25, 0.3) is 0 Å². The van der Waals surface area contributed by atoms with Gasteiger partial charge < -0.3 is 14.5 Å². The molecule has 0 aliphatic carbocycles. The summed E-state index contributed by atoms with van der Waals surface area (Å²) in [7, 11) is 1.69. The van der Waals surface area contributed by atoms with Crippen LogP contribution in [0.15, 0.2) is 47.1 Å². The molecule has 0 fully saturated rings. The van der Waals surface area contributed by atoms with Crippen molar-refractivity contribution in [3.05, 3.63) is 54.0 Å². The molecule has 0 spiro atoms. The van der Waals surface area contributed by atoms with E-state index in [0.29, 0.717) is 0 Å². The van der Waals surface area contributed by atoms with Crippen molar-refractivity contribution >= 4 is 11.8 Å². The van der Waals surface area contributed by atoms with E-state index in [-0.39, 0.29) is 0 Å². The zero-order valence-corrected chi connectivity index (χ0v) is 12.0. The van der Waals surface area contributed by atoms with Crippen LogP contribution in [-0.4, -0.2) is 19.4 Å². The zero-order chi connectivity index (χ0) is 13.3. The Morgan fingerprint density at radius 1 is 1.21 bits per heavy atom. The minimum Gasteiger partial charge on any atom is -0.497 e. The number of quaternary nitrogens is 1. The van der Waals surface area contributed by atoms with E-state index in [1.54, 1.807) is 13.4 Å². The third-order valence-corrected chi connectivity index (χ3v) is 3.84. The average Bonchev–Trinajstić information content (AvgIpc) is 2.96. The number of benzene rings is 1. The van der Waals surface area contributed by atoms with Crippen molar-refractivity contribution in [1.82, 2.24) is 0 Å². The normalized spacial score (nSPS) is 10.6. The fourth-order valence-electron chi connectivity index (χ4n) is 1.76. The highest BCUT2D eigenvalue weighted by molar-refractivity contribution is 7.98. The summed E-state index contributed by atoms with van der Waals surface area (Å²) in [5, 5.41) is 2.33. The first kappa shape index (κ1) is 14.0. The molecule has 2 aromatic rings. The molecule has 3 nitrogen and oxygen atoms in total. The van der Waals surface area contributed by atoms with Crippen molar-refractivity contribution in [1.29, 1.82) is 0 Å². The topological polar surface area (TPSA) is 39.0 Å². The lowest BCUT2D eigenvalue weighted by molar-refractivity contribution is -0.666. The standard InChI is InChI=1S/C15H19NO2S/c1-17-14-6-4-13(5-7-14)11-16-8-10-19-12-15-3-2-9-18-15/h2-7,9,16H,8,10-12H2,1H3/p+1. The van der Waals surface area contributed by atoms with Crippen LogP contribution < -0.4 is 10.1 Å². The molecular formula is C15H20NO2S+. The Morgan fingerprint density at radius 2 is 2.05 bits per heavy atom. The molecule has 0 saturated heterocycles. The van der Waals surface area contributed by atoms with Gasteiger partial charge in [-0.3, -0.25) is 0 Å². The molecule has 0 bridgehead atoms. The lowest BCUT2D eigenvalue weighted by Gasteiger charge is -2.03. The monoisotopic (exact) mass is 278 g/mol. The number of methoxy groups -OCH3 is 1. The van der Waals surface area contributed by atoms with Crippen molar-refractivity contribution in [3.8, 4) is 5.75 Å². The predicted octanol–water partition coefficient (Wildman–Crippen LogP) is 2.29. The molecule has 2 N–H and O–H groups in total. The Bertz CT molecular complexity index is 454. The summed E-state index contributed by atoms with van der Waals surface area (Å²) < 4.78 is 10.4. The van der Waals surface area contributed by atoms with E-state index in [2.05, 4.69) is 17.4 Å². The summed E-state index contributed by atoms with van der Waals surface area (Å²) in [5.74, 6) is 4.07. The zero-order valence-electron chi connectivity index (χ0n) is 11.2. The smallest absolute Gasteiger partial charge is 0.118 e. The Balaban J connectivity index is 1.56. The first-order valence-electron chi connectivity index (χ1n) is 6.43. The lowest BCUT2D eigenvalue weighted by atomic mass is 10.2. The first-order valence-corrected chi connectivity index (χ1v) is 7.58. The van der Waals surface area contributed by atoms with Crippen molar-refractivity contribution in [2.75, 3.05) is 19.4 Å². The summed E-state index contributed by atoms with van der Waals surface area (Å²) in [6, 6.07) is 12.2. The van der Waals surface area contributed by atoms with E-state index in [1.165, 1.54) is 5.56 Å². The molecule has 19 heavy (non-hydrogen) atoms. The van der Waals surface area contributed by atoms with Crippen LogP contribution in [-0.2, 0) is 12.3 Å². The number of rotatable bonds is 8. The van der Waals surface area contributed by atoms with E-state index in [1.807, 2.05) is 36.0 Å². The highest BCUT2D eigenvalue weighted by atomic mass is 32.2. The lowest BCUT2D eigenvalue weighted by Crippen LogP contribution is -2.83. The molecule has 0 amide bonds. The van der Waals surface area contributed by atoms with Gasteiger partial charge in [0.2, 0.25) is 0 Å². The summed E-state index contributed by atoms with van der Waals surface area (Å²) in [6.07, 6.45) is 1.73.